The van der Waals surface area contributed by atoms with Crippen molar-refractivity contribution in [2.24, 2.45) is 0 Å². The largest absolute Gasteiger partial charge is 0.478 e. The minimum atomic E-state index is -3.99. The molecule has 0 radical (unpaired) electrons. The number of carboxylic acid groups (broad SMARTS) is 1. The van der Waals surface area contributed by atoms with Crippen LogP contribution in [0.3, 0.4) is 0 Å². The van der Waals surface area contributed by atoms with Crippen LogP contribution in [-0.4, -0.2) is 36.6 Å². The fraction of sp³-hybridized carbons (Fsp3) is 0.462. The minimum absolute atomic E-state index is 0.0775. The van der Waals surface area contributed by atoms with E-state index >= 15 is 0 Å². The first-order valence-electron chi connectivity index (χ1n) is 6.33. The number of hydroxylamine groups is 1. The smallest absolute Gasteiger partial charge is 0.336 e. The molecule has 6 nitrogen and oxygen atoms in total. The van der Waals surface area contributed by atoms with Crippen LogP contribution in [0.25, 0.3) is 0 Å². The minimum Gasteiger partial charge on any atom is -0.478 e. The molecule has 1 N–H and O–H groups in total. The molecule has 0 saturated carbocycles. The molecule has 8 heteroatoms. The third-order valence-electron chi connectivity index (χ3n) is 2.76. The van der Waals surface area contributed by atoms with E-state index in [1.165, 1.54) is 13.0 Å². The fourth-order valence-corrected chi connectivity index (χ4v) is 3.58. The number of benzene rings is 1. The summed E-state index contributed by atoms with van der Waals surface area (Å²) in [5.41, 5.74) is 0.164. The molecule has 0 spiro atoms. The van der Waals surface area contributed by atoms with Crippen molar-refractivity contribution in [2.45, 2.75) is 38.6 Å². The van der Waals surface area contributed by atoms with Crippen molar-refractivity contribution in [1.82, 2.24) is 4.47 Å². The highest BCUT2D eigenvalue weighted by Crippen LogP contribution is 2.27. The maximum absolute atomic E-state index is 12.6. The topological polar surface area (TPSA) is 83.9 Å². The Morgan fingerprint density at radius 3 is 2.43 bits per heavy atom. The summed E-state index contributed by atoms with van der Waals surface area (Å²) in [6.07, 6.45) is 0. The van der Waals surface area contributed by atoms with Gasteiger partial charge in [-0.3, -0.25) is 4.84 Å². The first-order valence-corrected chi connectivity index (χ1v) is 8.15. The van der Waals surface area contributed by atoms with E-state index in [0.29, 0.717) is 5.56 Å². The molecule has 0 bridgehead atoms. The van der Waals surface area contributed by atoms with E-state index in [0.717, 1.165) is 10.5 Å². The van der Waals surface area contributed by atoms with E-state index in [9.17, 15) is 13.2 Å². The summed E-state index contributed by atoms with van der Waals surface area (Å²) >= 11 is 5.94. The second-order valence-corrected chi connectivity index (χ2v) is 6.84. The quantitative estimate of drug-likeness (QED) is 0.808. The molecule has 1 rings (SSSR count). The highest BCUT2D eigenvalue weighted by molar-refractivity contribution is 7.89. The Balaban J connectivity index is 3.47. The van der Waals surface area contributed by atoms with Gasteiger partial charge in [-0.25, -0.2) is 13.2 Å². The zero-order valence-electron chi connectivity index (χ0n) is 12.3. The average molecular weight is 336 g/mol. The average Bonchev–Trinajstić information content (AvgIpc) is 2.37. The summed E-state index contributed by atoms with van der Waals surface area (Å²) < 4.78 is 25.9. The van der Waals surface area contributed by atoms with Crippen LogP contribution in [0.4, 0.5) is 0 Å². The number of nitrogens with zero attached hydrogens (tertiary/aromatic N) is 1. The number of carbonyl (C=O) groups is 1. The van der Waals surface area contributed by atoms with E-state index in [1.54, 1.807) is 20.8 Å². The van der Waals surface area contributed by atoms with E-state index in [4.69, 9.17) is 21.5 Å². The molecule has 0 aliphatic carbocycles. The zero-order chi connectivity index (χ0) is 16.4. The summed E-state index contributed by atoms with van der Waals surface area (Å²) in [5, 5.41) is 9.21. The van der Waals surface area contributed by atoms with Crippen molar-refractivity contribution in [3.63, 3.8) is 0 Å². The second-order valence-electron chi connectivity index (χ2n) is 4.65. The van der Waals surface area contributed by atoms with Gasteiger partial charge in [0.25, 0.3) is 10.0 Å². The van der Waals surface area contributed by atoms with Crippen molar-refractivity contribution in [3.05, 3.63) is 28.3 Å². The van der Waals surface area contributed by atoms with Crippen LogP contribution in [0, 0.1) is 6.92 Å². The summed E-state index contributed by atoms with van der Waals surface area (Å²) in [6.45, 7) is 6.66. The lowest BCUT2D eigenvalue weighted by atomic mass is 10.1. The van der Waals surface area contributed by atoms with Gasteiger partial charge >= 0.3 is 5.97 Å². The van der Waals surface area contributed by atoms with Crippen LogP contribution in [0.5, 0.6) is 0 Å². The second kappa shape index (κ2) is 6.74. The van der Waals surface area contributed by atoms with Gasteiger partial charge in [0, 0.05) is 11.1 Å². The summed E-state index contributed by atoms with van der Waals surface area (Å²) in [7, 11) is -3.99. The van der Waals surface area contributed by atoms with Crippen LogP contribution in [0.2, 0.25) is 5.02 Å². The standard InChI is InChI=1S/C13H18ClNO5S/c1-5-20-15(8(2)3)21(18,19)10-6-11(13(16)17)9(4)12(14)7-10/h6-8H,5H2,1-4H3,(H,16,17). The van der Waals surface area contributed by atoms with Crippen molar-refractivity contribution >= 4 is 27.6 Å². The van der Waals surface area contributed by atoms with Gasteiger partial charge in [-0.2, -0.15) is 0 Å². The number of rotatable bonds is 6. The molecule has 118 valence electrons. The number of hydrogen-bond acceptors (Lipinski definition) is 4. The number of sulfonamides is 1. The number of aromatic carboxylic acids is 1. The molecule has 0 saturated heterocycles. The molecule has 0 atom stereocenters. The lowest BCUT2D eigenvalue weighted by Gasteiger charge is -2.24. The fourth-order valence-electron chi connectivity index (χ4n) is 1.75. The van der Waals surface area contributed by atoms with E-state index < -0.39 is 22.0 Å². The molecule has 0 amide bonds. The molecule has 0 unspecified atom stereocenters. The van der Waals surface area contributed by atoms with Gasteiger partial charge in [0.1, 0.15) is 0 Å². The highest BCUT2D eigenvalue weighted by atomic mass is 35.5. The van der Waals surface area contributed by atoms with Crippen molar-refractivity contribution in [2.75, 3.05) is 6.61 Å². The molecule has 0 aromatic heterocycles. The molecule has 0 aliphatic heterocycles. The predicted octanol–water partition coefficient (Wildman–Crippen LogP) is 2.70. The van der Waals surface area contributed by atoms with E-state index in [1.807, 2.05) is 0 Å². The van der Waals surface area contributed by atoms with Crippen molar-refractivity contribution < 1.29 is 23.2 Å². The zero-order valence-corrected chi connectivity index (χ0v) is 13.8. The van der Waals surface area contributed by atoms with Gasteiger partial charge in [0.2, 0.25) is 0 Å². The Morgan fingerprint density at radius 2 is 2.00 bits per heavy atom. The Bertz CT molecular complexity index is 642. The molecule has 21 heavy (non-hydrogen) atoms. The molecule has 0 heterocycles. The van der Waals surface area contributed by atoms with Crippen molar-refractivity contribution in [3.8, 4) is 0 Å². The van der Waals surface area contributed by atoms with Crippen molar-refractivity contribution in [1.29, 1.82) is 0 Å². The summed E-state index contributed by atoms with van der Waals surface area (Å²) in [6, 6.07) is 1.88. The lowest BCUT2D eigenvalue weighted by molar-refractivity contribution is -0.0984. The molecular weight excluding hydrogens is 318 g/mol. The van der Waals surface area contributed by atoms with E-state index in [-0.39, 0.29) is 22.1 Å². The number of hydrogen-bond donors (Lipinski definition) is 1. The van der Waals surface area contributed by atoms with Crippen LogP contribution in [0.1, 0.15) is 36.7 Å². The van der Waals surface area contributed by atoms with Gasteiger partial charge in [0.15, 0.2) is 0 Å². The third-order valence-corrected chi connectivity index (χ3v) is 4.99. The van der Waals surface area contributed by atoms with Crippen LogP contribution >= 0.6 is 11.6 Å². The maximum Gasteiger partial charge on any atom is 0.336 e. The predicted molar refractivity (Wildman–Crippen MR) is 78.9 cm³/mol. The van der Waals surface area contributed by atoms with Crippen LogP contribution in [-0.2, 0) is 14.9 Å². The number of halogens is 1. The molecule has 1 aromatic carbocycles. The molecule has 0 fully saturated rings. The third kappa shape index (κ3) is 3.74. The van der Waals surface area contributed by atoms with Crippen LogP contribution < -0.4 is 0 Å². The summed E-state index contributed by atoms with van der Waals surface area (Å²) in [4.78, 5) is 16.1. The van der Waals surface area contributed by atoms with Gasteiger partial charge in [-0.05, 0) is 45.4 Å². The van der Waals surface area contributed by atoms with Gasteiger partial charge in [-0.1, -0.05) is 16.1 Å². The van der Waals surface area contributed by atoms with Gasteiger partial charge in [0.05, 0.1) is 17.1 Å². The van der Waals surface area contributed by atoms with Crippen LogP contribution in [0.15, 0.2) is 17.0 Å². The highest BCUT2D eigenvalue weighted by Gasteiger charge is 2.29. The SMILES string of the molecule is CCON(C(C)C)S(=O)(=O)c1cc(Cl)c(C)c(C(=O)O)c1. The van der Waals surface area contributed by atoms with Gasteiger partial charge in [-0.15, -0.1) is 0 Å². The molecule has 1 aromatic rings. The molecule has 0 aliphatic rings. The maximum atomic E-state index is 12.6. The first kappa shape index (κ1) is 17.9. The normalized spacial score (nSPS) is 12.1. The Morgan fingerprint density at radius 1 is 1.43 bits per heavy atom. The first-order chi connectivity index (χ1) is 9.62. The lowest BCUT2D eigenvalue weighted by Crippen LogP contribution is -2.37. The monoisotopic (exact) mass is 335 g/mol. The molecular formula is C13H18ClNO5S. The Kier molecular flexibility index (Phi) is 5.75. The van der Waals surface area contributed by atoms with E-state index in [2.05, 4.69) is 0 Å². The van der Waals surface area contributed by atoms with Gasteiger partial charge < -0.3 is 5.11 Å². The Hall–Kier alpha value is -1.15. The number of carboxylic acids is 1. The summed E-state index contributed by atoms with van der Waals surface area (Å²) in [5.74, 6) is -1.24. The Labute approximate surface area is 129 Å².